The molecule has 1 aliphatic carbocycles. The van der Waals surface area contributed by atoms with Gasteiger partial charge in [0.2, 0.25) is 5.91 Å². The Hall–Kier alpha value is -1.50. The van der Waals surface area contributed by atoms with Crippen LogP contribution in [-0.4, -0.2) is 17.0 Å². The predicted octanol–water partition coefficient (Wildman–Crippen LogP) is 2.63. The number of nitrogens with one attached hydrogen (secondary N) is 1. The zero-order valence-electron chi connectivity index (χ0n) is 10.5. The van der Waals surface area contributed by atoms with Gasteiger partial charge in [-0.15, -0.1) is 0 Å². The largest absolute Gasteiger partial charge is 0.481 e. The van der Waals surface area contributed by atoms with Gasteiger partial charge < -0.3 is 10.4 Å². The van der Waals surface area contributed by atoms with Crippen molar-refractivity contribution in [2.75, 3.05) is 0 Å². The quantitative estimate of drug-likeness (QED) is 0.822. The molecule has 0 aliphatic heterocycles. The molecule has 0 aromatic heterocycles. The number of amides is 1. The number of rotatable bonds is 4. The van der Waals surface area contributed by atoms with Crippen molar-refractivity contribution in [3.05, 3.63) is 33.8 Å². The number of carboxylic acids is 1. The summed E-state index contributed by atoms with van der Waals surface area (Å²) in [6.45, 7) is 1.52. The number of hydrogen-bond donors (Lipinski definition) is 2. The summed E-state index contributed by atoms with van der Waals surface area (Å²) in [6.07, 6.45) is 0.283. The molecule has 1 amide bonds. The summed E-state index contributed by atoms with van der Waals surface area (Å²) in [4.78, 5) is 22.4. The third-order valence-corrected chi connectivity index (χ3v) is 3.92. The van der Waals surface area contributed by atoms with E-state index >= 15 is 0 Å². The van der Waals surface area contributed by atoms with E-state index in [9.17, 15) is 18.4 Å². The Morgan fingerprint density at radius 1 is 1.35 bits per heavy atom. The Morgan fingerprint density at radius 3 is 2.55 bits per heavy atom. The lowest BCUT2D eigenvalue weighted by molar-refractivity contribution is -0.140. The van der Waals surface area contributed by atoms with E-state index in [0.717, 1.165) is 12.1 Å². The van der Waals surface area contributed by atoms with E-state index < -0.39 is 41.4 Å². The number of carboxylic acid groups (broad SMARTS) is 1. The average molecular weight is 348 g/mol. The first-order chi connectivity index (χ1) is 9.31. The van der Waals surface area contributed by atoms with Crippen LogP contribution in [-0.2, 0) is 9.59 Å². The molecular weight excluding hydrogens is 336 g/mol. The van der Waals surface area contributed by atoms with Gasteiger partial charge in [0.1, 0.15) is 11.6 Å². The normalized spacial score (nSPS) is 22.2. The molecule has 1 aromatic carbocycles. The minimum absolute atomic E-state index is 0.00501. The lowest BCUT2D eigenvalue weighted by Crippen LogP contribution is -2.29. The molecule has 1 saturated carbocycles. The molecule has 2 N–H and O–H groups in total. The Kier molecular flexibility index (Phi) is 4.08. The molecule has 20 heavy (non-hydrogen) atoms. The topological polar surface area (TPSA) is 66.4 Å². The molecule has 4 nitrogen and oxygen atoms in total. The van der Waals surface area contributed by atoms with Gasteiger partial charge in [-0.2, -0.15) is 0 Å². The smallest absolute Gasteiger partial charge is 0.307 e. The number of halogens is 3. The zero-order valence-corrected chi connectivity index (χ0v) is 12.1. The molecule has 3 atom stereocenters. The molecule has 0 radical (unpaired) electrons. The highest BCUT2D eigenvalue weighted by Crippen LogP contribution is 2.39. The van der Waals surface area contributed by atoms with Crippen LogP contribution in [0.5, 0.6) is 0 Å². The molecule has 0 saturated heterocycles. The summed E-state index contributed by atoms with van der Waals surface area (Å²) in [5.74, 6) is -3.99. The molecule has 7 heteroatoms. The Morgan fingerprint density at radius 2 is 2.00 bits per heavy atom. The number of hydrogen-bond acceptors (Lipinski definition) is 2. The Balaban J connectivity index is 2.06. The van der Waals surface area contributed by atoms with Crippen LogP contribution in [0.15, 0.2) is 16.6 Å². The average Bonchev–Trinajstić information content (AvgIpc) is 3.13. The first-order valence-electron chi connectivity index (χ1n) is 5.99. The van der Waals surface area contributed by atoms with Gasteiger partial charge in [-0.05, 0) is 41.4 Å². The van der Waals surface area contributed by atoms with Crippen LogP contribution in [0, 0.1) is 23.5 Å². The number of carbonyl (C=O) groups excluding carboxylic acids is 1. The van der Waals surface area contributed by atoms with Crippen molar-refractivity contribution in [2.45, 2.75) is 19.4 Å². The van der Waals surface area contributed by atoms with E-state index in [2.05, 4.69) is 21.2 Å². The fourth-order valence-electron chi connectivity index (χ4n) is 2.03. The lowest BCUT2D eigenvalue weighted by Gasteiger charge is -2.15. The Labute approximate surface area is 122 Å². The van der Waals surface area contributed by atoms with Crippen LogP contribution < -0.4 is 5.32 Å². The highest BCUT2D eigenvalue weighted by Gasteiger charge is 2.48. The standard InChI is InChI=1S/C13H12BrF2NO3/c1-5(6-3-11(16)9(14)4-10(6)15)17-12(18)7-2-8(7)13(19)20/h3-5,7-8H,2H2,1H3,(H,17,18)(H,19,20)/t5?,7-,8+/m1/s1. The number of benzene rings is 1. The van der Waals surface area contributed by atoms with Gasteiger partial charge >= 0.3 is 5.97 Å². The van der Waals surface area contributed by atoms with Crippen molar-refractivity contribution in [3.8, 4) is 0 Å². The van der Waals surface area contributed by atoms with E-state index in [1.54, 1.807) is 0 Å². The highest BCUT2D eigenvalue weighted by molar-refractivity contribution is 9.10. The van der Waals surface area contributed by atoms with Gasteiger partial charge in [0, 0.05) is 5.56 Å². The summed E-state index contributed by atoms with van der Waals surface area (Å²) in [6, 6.07) is 1.26. The van der Waals surface area contributed by atoms with Gasteiger partial charge in [0.25, 0.3) is 0 Å². The summed E-state index contributed by atoms with van der Waals surface area (Å²) < 4.78 is 27.1. The first kappa shape index (κ1) is 14.9. The van der Waals surface area contributed by atoms with Crippen LogP contribution in [0.1, 0.15) is 24.9 Å². The predicted molar refractivity (Wildman–Crippen MR) is 69.8 cm³/mol. The van der Waals surface area contributed by atoms with E-state index in [1.807, 2.05) is 0 Å². The highest BCUT2D eigenvalue weighted by atomic mass is 79.9. The first-order valence-corrected chi connectivity index (χ1v) is 6.78. The third-order valence-electron chi connectivity index (χ3n) is 3.31. The van der Waals surface area contributed by atoms with Gasteiger partial charge in [-0.3, -0.25) is 9.59 Å². The maximum absolute atomic E-state index is 13.7. The van der Waals surface area contributed by atoms with Gasteiger partial charge in [0.05, 0.1) is 22.4 Å². The fraction of sp³-hybridized carbons (Fsp3) is 0.385. The summed E-state index contributed by atoms with van der Waals surface area (Å²) in [5, 5.41) is 11.2. The summed E-state index contributed by atoms with van der Waals surface area (Å²) in [5.41, 5.74) is 0.0200. The van der Waals surface area contributed by atoms with Crippen LogP contribution >= 0.6 is 15.9 Å². The molecular formula is C13H12BrF2NO3. The second-order valence-electron chi connectivity index (χ2n) is 4.81. The second-order valence-corrected chi connectivity index (χ2v) is 5.66. The zero-order chi connectivity index (χ0) is 15.0. The molecule has 2 rings (SSSR count). The summed E-state index contributed by atoms with van der Waals surface area (Å²) >= 11 is 2.87. The second kappa shape index (κ2) is 5.47. The van der Waals surface area contributed by atoms with Crippen LogP contribution in [0.3, 0.4) is 0 Å². The molecule has 1 unspecified atom stereocenters. The minimum atomic E-state index is -1.02. The van der Waals surface area contributed by atoms with Crippen molar-refractivity contribution in [1.82, 2.24) is 5.32 Å². The van der Waals surface area contributed by atoms with E-state index in [1.165, 1.54) is 6.92 Å². The van der Waals surface area contributed by atoms with E-state index in [-0.39, 0.29) is 16.5 Å². The molecule has 1 fully saturated rings. The monoisotopic (exact) mass is 347 g/mol. The lowest BCUT2D eigenvalue weighted by atomic mass is 10.1. The van der Waals surface area contributed by atoms with Crippen molar-refractivity contribution in [1.29, 1.82) is 0 Å². The van der Waals surface area contributed by atoms with Gasteiger partial charge in [-0.1, -0.05) is 0 Å². The van der Waals surface area contributed by atoms with Crippen molar-refractivity contribution >= 4 is 27.8 Å². The number of aliphatic carboxylic acids is 1. The molecule has 0 heterocycles. The summed E-state index contributed by atoms with van der Waals surface area (Å²) in [7, 11) is 0. The van der Waals surface area contributed by atoms with E-state index in [0.29, 0.717) is 0 Å². The van der Waals surface area contributed by atoms with Crippen LogP contribution in [0.2, 0.25) is 0 Å². The van der Waals surface area contributed by atoms with Crippen molar-refractivity contribution in [2.24, 2.45) is 11.8 Å². The minimum Gasteiger partial charge on any atom is -0.481 e. The number of carbonyl (C=O) groups is 2. The molecule has 108 valence electrons. The van der Waals surface area contributed by atoms with Gasteiger partial charge in [0.15, 0.2) is 0 Å². The fourth-order valence-corrected chi connectivity index (χ4v) is 2.34. The maximum Gasteiger partial charge on any atom is 0.307 e. The van der Waals surface area contributed by atoms with E-state index in [4.69, 9.17) is 5.11 Å². The van der Waals surface area contributed by atoms with Crippen LogP contribution in [0.25, 0.3) is 0 Å². The molecule has 1 aliphatic rings. The molecule has 0 spiro atoms. The Bertz CT molecular complexity index is 579. The van der Waals surface area contributed by atoms with Gasteiger partial charge in [-0.25, -0.2) is 8.78 Å². The van der Waals surface area contributed by atoms with Crippen molar-refractivity contribution in [3.63, 3.8) is 0 Å². The van der Waals surface area contributed by atoms with Crippen molar-refractivity contribution < 1.29 is 23.5 Å². The molecule has 0 bridgehead atoms. The molecule has 1 aromatic rings. The SMILES string of the molecule is CC(NC(=O)[C@@H]1C[C@@H]1C(=O)O)c1cc(F)c(Br)cc1F. The maximum atomic E-state index is 13.7. The van der Waals surface area contributed by atoms with Crippen LogP contribution in [0.4, 0.5) is 8.78 Å². The third kappa shape index (κ3) is 2.98.